The molecule has 18 heavy (non-hydrogen) atoms. The lowest BCUT2D eigenvalue weighted by molar-refractivity contribution is 0.0934. The first-order chi connectivity index (χ1) is 8.53. The Kier molecular flexibility index (Phi) is 3.32. The Morgan fingerprint density at radius 3 is 2.67 bits per heavy atom. The van der Waals surface area contributed by atoms with E-state index >= 15 is 0 Å². The molecule has 0 radical (unpaired) electrons. The maximum atomic E-state index is 12.2. The van der Waals surface area contributed by atoms with E-state index in [0.29, 0.717) is 23.3 Å². The highest BCUT2D eigenvalue weighted by Gasteiger charge is 2.40. The van der Waals surface area contributed by atoms with Crippen molar-refractivity contribution in [2.24, 2.45) is 5.41 Å². The summed E-state index contributed by atoms with van der Waals surface area (Å²) < 4.78 is 1.67. The van der Waals surface area contributed by atoms with Crippen molar-refractivity contribution in [2.45, 2.75) is 46.6 Å². The Labute approximate surface area is 108 Å². The van der Waals surface area contributed by atoms with Gasteiger partial charge in [0.25, 0.3) is 5.91 Å². The Bertz CT molecular complexity index is 460. The summed E-state index contributed by atoms with van der Waals surface area (Å²) in [7, 11) is 0. The van der Waals surface area contributed by atoms with Crippen molar-refractivity contribution in [1.29, 1.82) is 0 Å². The van der Waals surface area contributed by atoms with Crippen molar-refractivity contribution in [3.63, 3.8) is 0 Å². The average Bonchev–Trinajstić information content (AvgIpc) is 3.09. The second-order valence-electron chi connectivity index (χ2n) is 5.20. The van der Waals surface area contributed by atoms with Gasteiger partial charge in [0, 0.05) is 13.1 Å². The van der Waals surface area contributed by atoms with Crippen molar-refractivity contribution in [3.8, 4) is 0 Å². The number of nitrogens with zero attached hydrogens (tertiary/aromatic N) is 2. The molecule has 1 saturated carbocycles. The average molecular weight is 250 g/mol. The van der Waals surface area contributed by atoms with E-state index in [4.69, 9.17) is 5.73 Å². The molecule has 1 aliphatic rings. The van der Waals surface area contributed by atoms with Crippen LogP contribution in [0.5, 0.6) is 0 Å². The lowest BCUT2D eigenvalue weighted by Crippen LogP contribution is -2.32. The molecule has 1 aromatic rings. The number of rotatable bonds is 5. The zero-order valence-corrected chi connectivity index (χ0v) is 11.4. The van der Waals surface area contributed by atoms with Crippen molar-refractivity contribution in [2.75, 3.05) is 12.3 Å². The number of aryl methyl sites for hydroxylation is 2. The van der Waals surface area contributed by atoms with Crippen LogP contribution in [-0.2, 0) is 6.54 Å². The van der Waals surface area contributed by atoms with Gasteiger partial charge in [0.2, 0.25) is 0 Å². The normalized spacial score (nSPS) is 16.6. The van der Waals surface area contributed by atoms with Gasteiger partial charge < -0.3 is 11.1 Å². The third kappa shape index (κ3) is 2.21. The first-order valence-corrected chi connectivity index (χ1v) is 6.64. The van der Waals surface area contributed by atoms with Crippen LogP contribution in [0.25, 0.3) is 0 Å². The van der Waals surface area contributed by atoms with Crippen LogP contribution in [0.15, 0.2) is 0 Å². The second kappa shape index (κ2) is 4.63. The maximum Gasteiger partial charge on any atom is 0.271 e. The quantitative estimate of drug-likeness (QED) is 0.835. The molecule has 1 fully saturated rings. The van der Waals surface area contributed by atoms with Gasteiger partial charge in [-0.25, -0.2) is 0 Å². The van der Waals surface area contributed by atoms with Gasteiger partial charge in [0.1, 0.15) is 5.69 Å². The molecule has 5 heteroatoms. The summed E-state index contributed by atoms with van der Waals surface area (Å²) in [6.45, 7) is 7.35. The third-order valence-electron chi connectivity index (χ3n) is 4.02. The molecule has 0 spiro atoms. The highest BCUT2D eigenvalue weighted by atomic mass is 16.2. The van der Waals surface area contributed by atoms with Gasteiger partial charge in [-0.3, -0.25) is 9.48 Å². The standard InChI is InChI=1S/C13H22N4O/c1-4-13(6-7-13)8-15-12(18)11-10(14)9(3)16-17(11)5-2/h4-8,14H2,1-3H3,(H,15,18). The predicted molar refractivity (Wildman–Crippen MR) is 71.3 cm³/mol. The topological polar surface area (TPSA) is 72.9 Å². The fraction of sp³-hybridized carbons (Fsp3) is 0.692. The number of nitrogens with one attached hydrogen (secondary N) is 1. The van der Waals surface area contributed by atoms with Gasteiger partial charge in [-0.15, -0.1) is 0 Å². The fourth-order valence-corrected chi connectivity index (χ4v) is 2.25. The molecule has 0 unspecified atom stereocenters. The van der Waals surface area contributed by atoms with E-state index in [0.717, 1.165) is 18.7 Å². The molecule has 0 aliphatic heterocycles. The van der Waals surface area contributed by atoms with Crippen LogP contribution < -0.4 is 11.1 Å². The largest absolute Gasteiger partial charge is 0.395 e. The number of carbonyl (C=O) groups is 1. The number of hydrogen-bond acceptors (Lipinski definition) is 3. The molecule has 2 rings (SSSR count). The molecule has 1 aromatic heterocycles. The minimum atomic E-state index is -0.102. The zero-order chi connectivity index (χ0) is 13.3. The summed E-state index contributed by atoms with van der Waals surface area (Å²) >= 11 is 0. The molecule has 5 nitrogen and oxygen atoms in total. The SMILES string of the molecule is CCn1nc(C)c(N)c1C(=O)NCC1(CC)CC1. The van der Waals surface area contributed by atoms with Crippen molar-refractivity contribution >= 4 is 11.6 Å². The monoisotopic (exact) mass is 250 g/mol. The van der Waals surface area contributed by atoms with E-state index in [1.807, 2.05) is 13.8 Å². The van der Waals surface area contributed by atoms with Crippen LogP contribution >= 0.6 is 0 Å². The zero-order valence-electron chi connectivity index (χ0n) is 11.4. The maximum absolute atomic E-state index is 12.2. The molecule has 3 N–H and O–H groups in total. The number of hydrogen-bond donors (Lipinski definition) is 2. The number of nitrogen functional groups attached to an aromatic ring is 1. The first-order valence-electron chi connectivity index (χ1n) is 6.64. The molecular weight excluding hydrogens is 228 g/mol. The molecule has 0 aromatic carbocycles. The minimum Gasteiger partial charge on any atom is -0.395 e. The Morgan fingerprint density at radius 1 is 1.50 bits per heavy atom. The Morgan fingerprint density at radius 2 is 2.17 bits per heavy atom. The molecular formula is C13H22N4O. The fourth-order valence-electron chi connectivity index (χ4n) is 2.25. The molecule has 0 atom stereocenters. The lowest BCUT2D eigenvalue weighted by Gasteiger charge is -2.14. The molecule has 1 aliphatic carbocycles. The van der Waals surface area contributed by atoms with Crippen molar-refractivity contribution in [1.82, 2.24) is 15.1 Å². The van der Waals surface area contributed by atoms with E-state index in [-0.39, 0.29) is 5.91 Å². The van der Waals surface area contributed by atoms with Crippen LogP contribution in [0.4, 0.5) is 5.69 Å². The van der Waals surface area contributed by atoms with Crippen molar-refractivity contribution < 1.29 is 4.79 Å². The molecule has 1 amide bonds. The number of nitrogens with two attached hydrogens (primary N) is 1. The van der Waals surface area contributed by atoms with E-state index in [9.17, 15) is 4.79 Å². The van der Waals surface area contributed by atoms with Gasteiger partial charge in [-0.05, 0) is 38.5 Å². The van der Waals surface area contributed by atoms with Crippen LogP contribution in [0.2, 0.25) is 0 Å². The lowest BCUT2D eigenvalue weighted by atomic mass is 10.0. The van der Waals surface area contributed by atoms with E-state index in [2.05, 4.69) is 17.3 Å². The van der Waals surface area contributed by atoms with Gasteiger partial charge in [-0.2, -0.15) is 5.10 Å². The van der Waals surface area contributed by atoms with Crippen molar-refractivity contribution in [3.05, 3.63) is 11.4 Å². The predicted octanol–water partition coefficient (Wildman–Crippen LogP) is 1.71. The van der Waals surface area contributed by atoms with Crippen LogP contribution in [0, 0.1) is 12.3 Å². The number of aromatic nitrogens is 2. The number of amides is 1. The second-order valence-corrected chi connectivity index (χ2v) is 5.20. The molecule has 0 bridgehead atoms. The van der Waals surface area contributed by atoms with E-state index < -0.39 is 0 Å². The number of carbonyl (C=O) groups excluding carboxylic acids is 1. The van der Waals surface area contributed by atoms with Crippen LogP contribution in [-0.4, -0.2) is 22.2 Å². The summed E-state index contributed by atoms with van der Waals surface area (Å²) in [6.07, 6.45) is 3.55. The highest BCUT2D eigenvalue weighted by Crippen LogP contribution is 2.47. The first kappa shape index (κ1) is 12.9. The molecule has 100 valence electrons. The van der Waals surface area contributed by atoms with Gasteiger partial charge in [-0.1, -0.05) is 6.92 Å². The minimum absolute atomic E-state index is 0.102. The summed E-state index contributed by atoms with van der Waals surface area (Å²) in [5.74, 6) is -0.102. The molecule has 0 saturated heterocycles. The van der Waals surface area contributed by atoms with E-state index in [1.165, 1.54) is 12.8 Å². The van der Waals surface area contributed by atoms with Crippen LogP contribution in [0.1, 0.15) is 49.3 Å². The summed E-state index contributed by atoms with van der Waals surface area (Å²) in [5.41, 5.74) is 7.99. The third-order valence-corrected chi connectivity index (χ3v) is 4.02. The summed E-state index contributed by atoms with van der Waals surface area (Å²) in [6, 6.07) is 0. The van der Waals surface area contributed by atoms with Crippen LogP contribution in [0.3, 0.4) is 0 Å². The highest BCUT2D eigenvalue weighted by molar-refractivity contribution is 5.98. The molecule has 1 heterocycles. The summed E-state index contributed by atoms with van der Waals surface area (Å²) in [4.78, 5) is 12.2. The smallest absolute Gasteiger partial charge is 0.271 e. The summed E-state index contributed by atoms with van der Waals surface area (Å²) in [5, 5.41) is 7.26. The Balaban J connectivity index is 2.09. The van der Waals surface area contributed by atoms with Gasteiger partial charge in [0.05, 0.1) is 11.4 Å². The van der Waals surface area contributed by atoms with Gasteiger partial charge >= 0.3 is 0 Å². The van der Waals surface area contributed by atoms with E-state index in [1.54, 1.807) is 4.68 Å². The Hall–Kier alpha value is -1.52. The number of anilines is 1. The van der Waals surface area contributed by atoms with Gasteiger partial charge in [0.15, 0.2) is 0 Å².